The van der Waals surface area contributed by atoms with Crippen molar-refractivity contribution in [3.8, 4) is 5.69 Å². The Kier molecular flexibility index (Phi) is 7.44. The smallest absolute Gasteiger partial charge is 0.283 e. The number of thioether (sulfide) groups is 1. The number of fused-ring (bicyclic) bond motifs is 1. The quantitative estimate of drug-likeness (QED) is 0.133. The summed E-state index contributed by atoms with van der Waals surface area (Å²) in [6, 6.07) is 20.0. The second-order valence-electron chi connectivity index (χ2n) is 9.50. The molecule has 1 fully saturated rings. The average molecular weight is 632 g/mol. The van der Waals surface area contributed by atoms with E-state index in [4.69, 9.17) is 28.8 Å². The van der Waals surface area contributed by atoms with E-state index in [0.717, 1.165) is 22.2 Å². The van der Waals surface area contributed by atoms with Gasteiger partial charge in [0, 0.05) is 23.2 Å². The number of carbonyl (C=O) groups excluding carboxylic acids is 1. The van der Waals surface area contributed by atoms with Crippen molar-refractivity contribution in [3.05, 3.63) is 120 Å². The average Bonchev–Trinajstić information content (AvgIpc) is 3.37. The van der Waals surface area contributed by atoms with Gasteiger partial charge in [0.25, 0.3) is 17.0 Å². The highest BCUT2D eigenvalue weighted by molar-refractivity contribution is 8.27. The largest absolute Gasteiger partial charge is 0.296 e. The van der Waals surface area contributed by atoms with Crippen molar-refractivity contribution >= 4 is 75.0 Å². The molecule has 4 heterocycles. The van der Waals surface area contributed by atoms with Gasteiger partial charge in [0.05, 0.1) is 21.8 Å². The maximum absolute atomic E-state index is 13.9. The van der Waals surface area contributed by atoms with Gasteiger partial charge in [0.2, 0.25) is 0 Å². The van der Waals surface area contributed by atoms with E-state index in [0.29, 0.717) is 27.1 Å². The Morgan fingerprint density at radius 1 is 0.952 bits per heavy atom. The lowest BCUT2D eigenvalue weighted by Gasteiger charge is -2.12. The summed E-state index contributed by atoms with van der Waals surface area (Å²) in [5, 5.41) is 1.03. The lowest BCUT2D eigenvalue weighted by atomic mass is 10.2. The highest BCUT2D eigenvalue weighted by Crippen LogP contribution is 2.38. The third kappa shape index (κ3) is 4.82. The highest BCUT2D eigenvalue weighted by atomic mass is 35.5. The molecule has 0 radical (unpaired) electrons. The van der Waals surface area contributed by atoms with Crippen molar-refractivity contribution in [2.45, 2.75) is 23.8 Å². The second-order valence-corrected chi connectivity index (χ2v) is 12.7. The standard InChI is InChI=1S/C30H22ClN5O3S3/c1-17-8-7-15-34-25(17)32-26(41-21-13-11-19(31)12-14-21)22(27(34)37)16-23-28(38)35(30(40)42-23)24-18(2)33(3)36(29(24)39)20-9-5-4-6-10-20/h4-16H,1-3H3/b23-16+. The van der Waals surface area contributed by atoms with Crippen LogP contribution in [0.15, 0.2) is 97.3 Å². The molecule has 1 saturated heterocycles. The van der Waals surface area contributed by atoms with Crippen LogP contribution in [-0.2, 0) is 11.8 Å². The summed E-state index contributed by atoms with van der Waals surface area (Å²) >= 11 is 14.0. The fraction of sp³-hybridized carbons (Fsp3) is 0.100. The topological polar surface area (TPSA) is 81.6 Å². The molecule has 8 nitrogen and oxygen atoms in total. The number of thiocarbonyl (C=S) groups is 1. The van der Waals surface area contributed by atoms with Crippen molar-refractivity contribution in [1.29, 1.82) is 0 Å². The van der Waals surface area contributed by atoms with Gasteiger partial charge in [-0.2, -0.15) is 0 Å². The van der Waals surface area contributed by atoms with Crippen molar-refractivity contribution in [1.82, 2.24) is 18.7 Å². The summed E-state index contributed by atoms with van der Waals surface area (Å²) in [5.41, 5.74) is 2.30. The molecule has 0 spiro atoms. The van der Waals surface area contributed by atoms with Crippen LogP contribution in [0.25, 0.3) is 17.4 Å². The van der Waals surface area contributed by atoms with Gasteiger partial charge in [-0.25, -0.2) is 9.67 Å². The van der Waals surface area contributed by atoms with Crippen molar-refractivity contribution in [2.24, 2.45) is 7.05 Å². The first-order valence-corrected chi connectivity index (χ1v) is 15.1. The Labute approximate surface area is 259 Å². The van der Waals surface area contributed by atoms with E-state index in [1.807, 2.05) is 55.5 Å². The fourth-order valence-corrected chi connectivity index (χ4v) is 6.97. The summed E-state index contributed by atoms with van der Waals surface area (Å²) in [7, 11) is 1.75. The Morgan fingerprint density at radius 3 is 2.38 bits per heavy atom. The molecule has 0 unspecified atom stereocenters. The van der Waals surface area contributed by atoms with E-state index in [9.17, 15) is 14.4 Å². The molecule has 1 aliphatic rings. The molecule has 3 aromatic heterocycles. The Morgan fingerprint density at radius 2 is 1.67 bits per heavy atom. The second kappa shape index (κ2) is 11.1. The molecule has 42 heavy (non-hydrogen) atoms. The first-order chi connectivity index (χ1) is 20.2. The number of nitrogens with zero attached hydrogens (tertiary/aromatic N) is 5. The predicted molar refractivity (Wildman–Crippen MR) is 173 cm³/mol. The summed E-state index contributed by atoms with van der Waals surface area (Å²) in [6.07, 6.45) is 3.17. The number of hydrogen-bond donors (Lipinski definition) is 0. The van der Waals surface area contributed by atoms with Crippen LogP contribution in [0, 0.1) is 13.8 Å². The van der Waals surface area contributed by atoms with Crippen molar-refractivity contribution < 1.29 is 4.79 Å². The van der Waals surface area contributed by atoms with Crippen LogP contribution in [0.3, 0.4) is 0 Å². The van der Waals surface area contributed by atoms with Gasteiger partial charge >= 0.3 is 0 Å². The monoisotopic (exact) mass is 631 g/mol. The van der Waals surface area contributed by atoms with Crippen LogP contribution < -0.4 is 16.0 Å². The predicted octanol–water partition coefficient (Wildman–Crippen LogP) is 6.01. The Hall–Kier alpha value is -3.90. The Bertz CT molecular complexity index is 2060. The molecule has 12 heteroatoms. The number of para-hydroxylation sites is 1. The third-order valence-electron chi connectivity index (χ3n) is 6.89. The highest BCUT2D eigenvalue weighted by Gasteiger charge is 2.38. The van der Waals surface area contributed by atoms with E-state index in [2.05, 4.69) is 0 Å². The van der Waals surface area contributed by atoms with E-state index >= 15 is 0 Å². The molecular formula is C30H22ClN5O3S3. The number of rotatable bonds is 5. The maximum Gasteiger partial charge on any atom is 0.296 e. The fourth-order valence-electron chi connectivity index (χ4n) is 4.71. The third-order valence-corrected chi connectivity index (χ3v) is 9.46. The molecule has 0 saturated carbocycles. The lowest BCUT2D eigenvalue weighted by Crippen LogP contribution is -2.33. The van der Waals surface area contributed by atoms with Crippen LogP contribution >= 0.6 is 47.3 Å². The number of halogens is 1. The van der Waals surface area contributed by atoms with Crippen molar-refractivity contribution in [2.75, 3.05) is 4.90 Å². The molecule has 5 aromatic rings. The van der Waals surface area contributed by atoms with Gasteiger partial charge in [-0.05, 0) is 68.0 Å². The minimum Gasteiger partial charge on any atom is -0.283 e. The van der Waals surface area contributed by atoms with Gasteiger partial charge in [0.15, 0.2) is 4.32 Å². The number of benzene rings is 2. The van der Waals surface area contributed by atoms with Crippen LogP contribution in [0.5, 0.6) is 0 Å². The minimum absolute atomic E-state index is 0.173. The molecule has 210 valence electrons. The SMILES string of the molecule is Cc1cccn2c(=O)c(/C=C3/SC(=S)N(c4c(C)n(C)n(-c5ccccc5)c4=O)C3=O)c(Sc3ccc(Cl)cc3)nc12. The van der Waals surface area contributed by atoms with Gasteiger partial charge in [-0.15, -0.1) is 0 Å². The number of hydrogen-bond acceptors (Lipinski definition) is 7. The summed E-state index contributed by atoms with van der Waals surface area (Å²) < 4.78 is 4.86. The number of anilines is 1. The number of aryl methyl sites for hydroxylation is 1. The van der Waals surface area contributed by atoms with Gasteiger partial charge < -0.3 is 0 Å². The first kappa shape index (κ1) is 28.2. The van der Waals surface area contributed by atoms with E-state index < -0.39 is 5.91 Å². The minimum atomic E-state index is -0.479. The molecule has 0 N–H and O–H groups in total. The zero-order chi connectivity index (χ0) is 29.7. The molecule has 6 rings (SSSR count). The van der Waals surface area contributed by atoms with E-state index in [1.54, 1.807) is 43.0 Å². The van der Waals surface area contributed by atoms with Gasteiger partial charge in [-0.3, -0.25) is 28.4 Å². The zero-order valence-electron chi connectivity index (χ0n) is 22.6. The molecule has 0 aliphatic carbocycles. The number of pyridine rings is 1. The number of amides is 1. The molecule has 1 aliphatic heterocycles. The van der Waals surface area contributed by atoms with Crippen LogP contribution in [-0.4, -0.2) is 29.0 Å². The van der Waals surface area contributed by atoms with Crippen molar-refractivity contribution in [3.63, 3.8) is 0 Å². The lowest BCUT2D eigenvalue weighted by molar-refractivity contribution is -0.113. The molecule has 1 amide bonds. The molecule has 2 aromatic carbocycles. The Balaban J connectivity index is 1.47. The molecule has 0 atom stereocenters. The zero-order valence-corrected chi connectivity index (χ0v) is 25.8. The van der Waals surface area contributed by atoms with Crippen LogP contribution in [0.4, 0.5) is 5.69 Å². The summed E-state index contributed by atoms with van der Waals surface area (Å²) in [5.74, 6) is -0.479. The number of carbonyl (C=O) groups is 1. The normalized spacial score (nSPS) is 14.5. The van der Waals surface area contributed by atoms with Gasteiger partial charge in [0.1, 0.15) is 16.4 Å². The van der Waals surface area contributed by atoms with E-state index in [1.165, 1.54) is 31.8 Å². The first-order valence-electron chi connectivity index (χ1n) is 12.7. The van der Waals surface area contributed by atoms with Gasteiger partial charge in [-0.1, -0.05) is 71.6 Å². The maximum atomic E-state index is 13.9. The molecule has 0 bridgehead atoms. The summed E-state index contributed by atoms with van der Waals surface area (Å²) in [4.78, 5) is 48.4. The van der Waals surface area contributed by atoms with Crippen LogP contribution in [0.1, 0.15) is 16.8 Å². The molecular weight excluding hydrogens is 610 g/mol. The number of aromatic nitrogens is 4. The van der Waals surface area contributed by atoms with E-state index in [-0.39, 0.29) is 31.6 Å². The summed E-state index contributed by atoms with van der Waals surface area (Å²) in [6.45, 7) is 3.65. The van der Waals surface area contributed by atoms with Crippen LogP contribution in [0.2, 0.25) is 5.02 Å².